The van der Waals surface area contributed by atoms with Crippen molar-refractivity contribution < 1.29 is 13.2 Å². The molecule has 3 rings (SSSR count). The van der Waals surface area contributed by atoms with E-state index < -0.39 is 10.0 Å². The highest BCUT2D eigenvalue weighted by Gasteiger charge is 2.24. The monoisotopic (exact) mass is 468 g/mol. The van der Waals surface area contributed by atoms with Crippen LogP contribution in [0.25, 0.3) is 0 Å². The van der Waals surface area contributed by atoms with E-state index in [9.17, 15) is 8.42 Å². The average molecular weight is 470 g/mol. The van der Waals surface area contributed by atoms with E-state index in [4.69, 9.17) is 51.1 Å². The zero-order valence-electron chi connectivity index (χ0n) is 14.2. The maximum absolute atomic E-state index is 12.7. The molecule has 146 valence electrons. The Labute approximate surface area is 178 Å². The molecule has 5 nitrogen and oxygen atoms in total. The average Bonchev–Trinajstić information content (AvgIpc) is 3.00. The molecule has 10 heteroatoms. The van der Waals surface area contributed by atoms with Gasteiger partial charge in [-0.1, -0.05) is 46.4 Å². The summed E-state index contributed by atoms with van der Waals surface area (Å²) in [5.74, 6) is 0.414. The van der Waals surface area contributed by atoms with Gasteiger partial charge < -0.3 is 9.64 Å². The number of benzene rings is 2. The molecule has 1 heterocycles. The third-order valence-corrected chi connectivity index (χ3v) is 7.26. The summed E-state index contributed by atoms with van der Waals surface area (Å²) in [7, 11) is -1.97. The summed E-state index contributed by atoms with van der Waals surface area (Å²) in [6, 6.07) is 7.32. The van der Waals surface area contributed by atoms with Crippen molar-refractivity contribution in [2.24, 2.45) is 0 Å². The van der Waals surface area contributed by atoms with Crippen LogP contribution < -0.4 is 9.46 Å². The standard InChI is InChI=1S/C17H16Cl4N2O3S/c1-23-7-6-11(9-23)26-14-8-10(2-3-12(14)18)22-27(24,25)15-5-4-13(19)16(20)17(15)21/h2-5,8,11,22H,6-7,9H2,1H3/t11-/m0/s1. The van der Waals surface area contributed by atoms with Crippen molar-refractivity contribution in [2.45, 2.75) is 17.4 Å². The predicted octanol–water partition coefficient (Wildman–Crippen LogP) is 5.18. The number of nitrogens with one attached hydrogen (secondary N) is 1. The molecule has 1 atom stereocenters. The van der Waals surface area contributed by atoms with Crippen LogP contribution >= 0.6 is 46.4 Å². The first-order valence-corrected chi connectivity index (χ1v) is 11.0. The van der Waals surface area contributed by atoms with Crippen molar-refractivity contribution in [3.05, 3.63) is 50.4 Å². The molecule has 0 bridgehead atoms. The number of likely N-dealkylation sites (tertiary alicyclic amines) is 1. The molecular weight excluding hydrogens is 454 g/mol. The smallest absolute Gasteiger partial charge is 0.263 e. The summed E-state index contributed by atoms with van der Waals surface area (Å²) in [6.07, 6.45) is 0.880. The largest absolute Gasteiger partial charge is 0.487 e. The Morgan fingerprint density at radius 2 is 1.78 bits per heavy atom. The van der Waals surface area contributed by atoms with E-state index in [0.29, 0.717) is 16.5 Å². The lowest BCUT2D eigenvalue weighted by Gasteiger charge is -2.16. The number of anilines is 1. The van der Waals surface area contributed by atoms with Crippen LogP contribution in [0.3, 0.4) is 0 Å². The van der Waals surface area contributed by atoms with E-state index >= 15 is 0 Å². The molecule has 1 aliphatic heterocycles. The number of ether oxygens (including phenoxy) is 1. The zero-order chi connectivity index (χ0) is 19.8. The minimum atomic E-state index is -3.98. The molecular formula is C17H16Cl4N2O3S. The molecule has 0 saturated carbocycles. The maximum atomic E-state index is 12.7. The van der Waals surface area contributed by atoms with E-state index in [0.717, 1.165) is 19.5 Å². The molecule has 0 radical (unpaired) electrons. The number of sulfonamides is 1. The summed E-state index contributed by atoms with van der Waals surface area (Å²) < 4.78 is 33.8. The summed E-state index contributed by atoms with van der Waals surface area (Å²) in [5, 5.41) is 0.409. The molecule has 0 spiro atoms. The van der Waals surface area contributed by atoms with E-state index in [1.165, 1.54) is 12.1 Å². The molecule has 0 unspecified atom stereocenters. The van der Waals surface area contributed by atoms with Gasteiger partial charge in [0.1, 0.15) is 16.7 Å². The minimum Gasteiger partial charge on any atom is -0.487 e. The fourth-order valence-electron chi connectivity index (χ4n) is 2.75. The van der Waals surface area contributed by atoms with E-state index in [1.54, 1.807) is 18.2 Å². The summed E-state index contributed by atoms with van der Waals surface area (Å²) >= 11 is 24.0. The second kappa shape index (κ2) is 8.23. The van der Waals surface area contributed by atoms with Gasteiger partial charge in [0.25, 0.3) is 10.0 Å². The van der Waals surface area contributed by atoms with Gasteiger partial charge in [0.2, 0.25) is 0 Å². The molecule has 1 aliphatic rings. The Hall–Kier alpha value is -0.890. The van der Waals surface area contributed by atoms with Gasteiger partial charge in [-0.15, -0.1) is 0 Å². The van der Waals surface area contributed by atoms with Gasteiger partial charge in [0, 0.05) is 19.2 Å². The first-order valence-electron chi connectivity index (χ1n) is 7.98. The number of likely N-dealkylation sites (N-methyl/N-ethyl adjacent to an activating group) is 1. The molecule has 2 aromatic rings. The number of halogens is 4. The molecule has 2 aromatic carbocycles. The maximum Gasteiger partial charge on any atom is 0.263 e. The van der Waals surface area contributed by atoms with Gasteiger partial charge in [0.15, 0.2) is 0 Å². The third kappa shape index (κ3) is 4.75. The predicted molar refractivity (Wildman–Crippen MR) is 110 cm³/mol. The third-order valence-electron chi connectivity index (χ3n) is 4.11. The van der Waals surface area contributed by atoms with Crippen LogP contribution in [0, 0.1) is 0 Å². The second-order valence-electron chi connectivity index (χ2n) is 6.21. The van der Waals surface area contributed by atoms with Crippen LogP contribution in [0.15, 0.2) is 35.2 Å². The Kier molecular flexibility index (Phi) is 6.35. The molecule has 1 fully saturated rings. The quantitative estimate of drug-likeness (QED) is 0.612. The molecule has 0 aliphatic carbocycles. The van der Waals surface area contributed by atoms with Crippen molar-refractivity contribution in [3.8, 4) is 5.75 Å². The number of rotatable bonds is 5. The summed E-state index contributed by atoms with van der Waals surface area (Å²) in [4.78, 5) is 1.98. The van der Waals surface area contributed by atoms with E-state index in [2.05, 4.69) is 9.62 Å². The van der Waals surface area contributed by atoms with Gasteiger partial charge in [-0.05, 0) is 37.7 Å². The van der Waals surface area contributed by atoms with Crippen LogP contribution in [0.4, 0.5) is 5.69 Å². The van der Waals surface area contributed by atoms with Gasteiger partial charge in [-0.2, -0.15) is 0 Å². The molecule has 0 aromatic heterocycles. The highest BCUT2D eigenvalue weighted by Crippen LogP contribution is 2.36. The SMILES string of the molecule is CN1CC[C@H](Oc2cc(NS(=O)(=O)c3ccc(Cl)c(Cl)c3Cl)ccc2Cl)C1. The zero-order valence-corrected chi connectivity index (χ0v) is 18.0. The first-order chi connectivity index (χ1) is 12.7. The number of hydrogen-bond acceptors (Lipinski definition) is 4. The highest BCUT2D eigenvalue weighted by molar-refractivity contribution is 7.92. The van der Waals surface area contributed by atoms with Crippen LogP contribution in [-0.2, 0) is 10.0 Å². The van der Waals surface area contributed by atoms with Crippen molar-refractivity contribution in [1.82, 2.24) is 4.90 Å². The summed E-state index contributed by atoms with van der Waals surface area (Å²) in [5.41, 5.74) is 0.294. The van der Waals surface area contributed by atoms with Gasteiger partial charge >= 0.3 is 0 Å². The number of nitrogens with zero attached hydrogens (tertiary/aromatic N) is 1. The van der Waals surface area contributed by atoms with Crippen molar-refractivity contribution in [1.29, 1.82) is 0 Å². The fraction of sp³-hybridized carbons (Fsp3) is 0.294. The van der Waals surface area contributed by atoms with Crippen molar-refractivity contribution in [2.75, 3.05) is 24.9 Å². The Morgan fingerprint density at radius 3 is 2.44 bits per heavy atom. The highest BCUT2D eigenvalue weighted by atomic mass is 35.5. The van der Waals surface area contributed by atoms with Crippen molar-refractivity contribution in [3.63, 3.8) is 0 Å². The topological polar surface area (TPSA) is 58.6 Å². The molecule has 1 saturated heterocycles. The summed E-state index contributed by atoms with van der Waals surface area (Å²) in [6.45, 7) is 1.72. The Bertz CT molecular complexity index is 969. The Morgan fingerprint density at radius 1 is 1.07 bits per heavy atom. The van der Waals surface area contributed by atoms with Gasteiger partial charge in [-0.25, -0.2) is 8.42 Å². The molecule has 27 heavy (non-hydrogen) atoms. The van der Waals surface area contributed by atoms with E-state index in [1.807, 2.05) is 7.05 Å². The van der Waals surface area contributed by atoms with E-state index in [-0.39, 0.29) is 26.1 Å². The van der Waals surface area contributed by atoms with Crippen LogP contribution in [0.2, 0.25) is 20.1 Å². The lowest BCUT2D eigenvalue weighted by atomic mass is 10.3. The fourth-order valence-corrected chi connectivity index (χ4v) is 4.94. The van der Waals surface area contributed by atoms with Crippen LogP contribution in [0.1, 0.15) is 6.42 Å². The minimum absolute atomic E-state index is 0.00359. The lowest BCUT2D eigenvalue weighted by molar-refractivity contribution is 0.208. The number of hydrogen-bond donors (Lipinski definition) is 1. The van der Waals surface area contributed by atoms with Crippen LogP contribution in [-0.4, -0.2) is 39.6 Å². The molecule has 0 amide bonds. The van der Waals surface area contributed by atoms with Gasteiger partial charge in [-0.3, -0.25) is 4.72 Å². The normalized spacial score (nSPS) is 17.9. The molecule has 1 N–H and O–H groups in total. The Balaban J connectivity index is 1.85. The van der Waals surface area contributed by atoms with Crippen LogP contribution in [0.5, 0.6) is 5.75 Å². The van der Waals surface area contributed by atoms with Gasteiger partial charge in [0.05, 0.1) is 25.8 Å². The van der Waals surface area contributed by atoms with Crippen molar-refractivity contribution >= 4 is 62.1 Å². The first kappa shape index (κ1) is 20.8. The second-order valence-corrected chi connectivity index (χ2v) is 9.44. The lowest BCUT2D eigenvalue weighted by Crippen LogP contribution is -2.21.